The van der Waals surface area contributed by atoms with Crippen LogP contribution in [0.5, 0.6) is 17.2 Å². The average Bonchev–Trinajstić information content (AvgIpc) is 2.81. The lowest BCUT2D eigenvalue weighted by Gasteiger charge is -2.18. The molecule has 3 aromatic carbocycles. The Morgan fingerprint density at radius 1 is 0.969 bits per heavy atom. The Hall–Kier alpha value is -3.58. The first-order chi connectivity index (χ1) is 15.5. The van der Waals surface area contributed by atoms with Crippen molar-refractivity contribution in [3.8, 4) is 28.6 Å². The van der Waals surface area contributed by atoms with E-state index in [1.54, 1.807) is 42.5 Å². The van der Waals surface area contributed by atoms with E-state index in [1.807, 2.05) is 0 Å². The molecule has 8 heteroatoms. The molecule has 0 amide bonds. The average molecular weight is 455 g/mol. The third-order valence-corrected chi connectivity index (χ3v) is 5.52. The Labute approximate surface area is 188 Å². The fourth-order valence-corrected chi connectivity index (χ4v) is 3.81. The summed E-state index contributed by atoms with van der Waals surface area (Å²) >= 11 is 6.25. The molecule has 0 aliphatic heterocycles. The van der Waals surface area contributed by atoms with Crippen molar-refractivity contribution in [2.45, 2.75) is 6.54 Å². The van der Waals surface area contributed by atoms with Crippen LogP contribution in [-0.4, -0.2) is 30.9 Å². The second kappa shape index (κ2) is 8.88. The van der Waals surface area contributed by atoms with Crippen LogP contribution in [0.3, 0.4) is 0 Å². The molecule has 0 saturated heterocycles. The largest absolute Gasteiger partial charge is 0.493 e. The summed E-state index contributed by atoms with van der Waals surface area (Å²) in [6.07, 6.45) is 0. The molecule has 0 aliphatic carbocycles. The van der Waals surface area contributed by atoms with Gasteiger partial charge in [-0.15, -0.1) is 0 Å². The highest BCUT2D eigenvalue weighted by atomic mass is 35.5. The maximum absolute atomic E-state index is 14.6. The van der Waals surface area contributed by atoms with Crippen LogP contribution in [0.1, 0.15) is 5.56 Å². The van der Waals surface area contributed by atoms with Gasteiger partial charge in [-0.2, -0.15) is 0 Å². The van der Waals surface area contributed by atoms with Crippen LogP contribution >= 0.6 is 11.6 Å². The first kappa shape index (κ1) is 21.6. The van der Waals surface area contributed by atoms with Gasteiger partial charge in [0, 0.05) is 16.1 Å². The number of hydrogen-bond donors (Lipinski definition) is 0. The highest BCUT2D eigenvalue weighted by molar-refractivity contribution is 6.31. The zero-order chi connectivity index (χ0) is 22.8. The van der Waals surface area contributed by atoms with Crippen molar-refractivity contribution < 1.29 is 18.6 Å². The topological polar surface area (TPSA) is 62.6 Å². The minimum Gasteiger partial charge on any atom is -0.493 e. The van der Waals surface area contributed by atoms with Crippen LogP contribution in [0.25, 0.3) is 22.3 Å². The fourth-order valence-electron chi connectivity index (χ4n) is 3.59. The molecule has 0 fully saturated rings. The second-order valence-corrected chi connectivity index (χ2v) is 7.37. The molecule has 1 heterocycles. The second-order valence-electron chi connectivity index (χ2n) is 6.96. The summed E-state index contributed by atoms with van der Waals surface area (Å²) in [5.74, 6) is 1.02. The minimum absolute atomic E-state index is 0.103. The zero-order valence-electron chi connectivity index (χ0n) is 17.7. The van der Waals surface area contributed by atoms with Crippen molar-refractivity contribution in [3.63, 3.8) is 0 Å². The maximum Gasteiger partial charge on any atom is 0.261 e. The summed E-state index contributed by atoms with van der Waals surface area (Å²) in [7, 11) is 4.51. The van der Waals surface area contributed by atoms with E-state index in [0.717, 1.165) is 0 Å². The summed E-state index contributed by atoms with van der Waals surface area (Å²) in [6, 6.07) is 14.8. The highest BCUT2D eigenvalue weighted by Crippen LogP contribution is 2.41. The van der Waals surface area contributed by atoms with Gasteiger partial charge in [-0.1, -0.05) is 29.8 Å². The Morgan fingerprint density at radius 2 is 1.66 bits per heavy atom. The van der Waals surface area contributed by atoms with Crippen molar-refractivity contribution in [2.24, 2.45) is 0 Å². The smallest absolute Gasteiger partial charge is 0.261 e. The van der Waals surface area contributed by atoms with E-state index in [0.29, 0.717) is 39.5 Å². The number of rotatable bonds is 6. The first-order valence-electron chi connectivity index (χ1n) is 9.71. The lowest BCUT2D eigenvalue weighted by atomic mass is 10.1. The van der Waals surface area contributed by atoms with Gasteiger partial charge in [-0.3, -0.25) is 9.36 Å². The van der Waals surface area contributed by atoms with Crippen molar-refractivity contribution in [3.05, 3.63) is 81.4 Å². The Bertz CT molecular complexity index is 1320. The Balaban J connectivity index is 2.03. The molecule has 0 atom stereocenters. The molecule has 0 bridgehead atoms. The standard InChI is InChI=1S/C24H20ClFN2O4/c1-30-20-11-14(12-21(31-2)22(20)32-3)23-27-19-10-5-4-7-15(19)24(29)28(23)13-16-17(25)8-6-9-18(16)26/h4-12H,13H2,1-3H3. The van der Waals surface area contributed by atoms with Gasteiger partial charge in [0.25, 0.3) is 5.56 Å². The van der Waals surface area contributed by atoms with Crippen molar-refractivity contribution in [2.75, 3.05) is 21.3 Å². The Morgan fingerprint density at radius 3 is 2.28 bits per heavy atom. The predicted molar refractivity (Wildman–Crippen MR) is 122 cm³/mol. The summed E-state index contributed by atoms with van der Waals surface area (Å²) in [5, 5.41) is 0.636. The van der Waals surface area contributed by atoms with E-state index in [4.69, 9.17) is 30.8 Å². The van der Waals surface area contributed by atoms with Crippen molar-refractivity contribution >= 4 is 22.5 Å². The van der Waals surface area contributed by atoms with Crippen LogP contribution in [0, 0.1) is 5.82 Å². The third kappa shape index (κ3) is 3.76. The Kier molecular flexibility index (Phi) is 6.01. The number of fused-ring (bicyclic) bond motifs is 1. The number of ether oxygens (including phenoxy) is 3. The van der Waals surface area contributed by atoms with E-state index in [-0.39, 0.29) is 22.7 Å². The number of nitrogens with zero attached hydrogens (tertiary/aromatic N) is 2. The van der Waals surface area contributed by atoms with Gasteiger partial charge < -0.3 is 14.2 Å². The lowest BCUT2D eigenvalue weighted by Crippen LogP contribution is -2.24. The molecule has 4 rings (SSSR count). The number of aromatic nitrogens is 2. The van der Waals surface area contributed by atoms with Gasteiger partial charge in [0.1, 0.15) is 11.6 Å². The van der Waals surface area contributed by atoms with Crippen molar-refractivity contribution in [1.82, 2.24) is 9.55 Å². The maximum atomic E-state index is 14.6. The number of hydrogen-bond acceptors (Lipinski definition) is 5. The van der Waals surface area contributed by atoms with E-state index in [1.165, 1.54) is 38.0 Å². The molecule has 0 radical (unpaired) electrons. The lowest BCUT2D eigenvalue weighted by molar-refractivity contribution is 0.324. The molecule has 32 heavy (non-hydrogen) atoms. The summed E-state index contributed by atoms with van der Waals surface area (Å²) < 4.78 is 32.3. The predicted octanol–water partition coefficient (Wildman–Crippen LogP) is 4.93. The van der Waals surface area contributed by atoms with Crippen LogP contribution in [0.2, 0.25) is 5.02 Å². The van der Waals surface area contributed by atoms with E-state index >= 15 is 0 Å². The zero-order valence-corrected chi connectivity index (χ0v) is 18.4. The number of para-hydroxylation sites is 1. The molecular weight excluding hydrogens is 435 g/mol. The quantitative estimate of drug-likeness (QED) is 0.413. The molecule has 1 aromatic heterocycles. The van der Waals surface area contributed by atoms with Gasteiger partial charge in [0.15, 0.2) is 11.5 Å². The van der Waals surface area contributed by atoms with Crippen LogP contribution in [0.4, 0.5) is 4.39 Å². The summed E-state index contributed by atoms with van der Waals surface area (Å²) in [5.41, 5.74) is 0.924. The van der Waals surface area contributed by atoms with E-state index in [2.05, 4.69) is 0 Å². The number of benzene rings is 3. The molecule has 0 saturated carbocycles. The van der Waals surface area contributed by atoms with E-state index < -0.39 is 5.82 Å². The number of methoxy groups -OCH3 is 3. The SMILES string of the molecule is COc1cc(-c2nc3ccccc3c(=O)n2Cc2c(F)cccc2Cl)cc(OC)c1OC. The van der Waals surface area contributed by atoms with Crippen LogP contribution in [-0.2, 0) is 6.54 Å². The molecular formula is C24H20ClFN2O4. The third-order valence-electron chi connectivity index (χ3n) is 5.16. The minimum atomic E-state index is -0.506. The molecule has 0 N–H and O–H groups in total. The molecule has 4 aromatic rings. The van der Waals surface area contributed by atoms with Gasteiger partial charge >= 0.3 is 0 Å². The van der Waals surface area contributed by atoms with Crippen LogP contribution in [0.15, 0.2) is 59.4 Å². The van der Waals surface area contributed by atoms with Crippen LogP contribution < -0.4 is 19.8 Å². The monoisotopic (exact) mass is 454 g/mol. The van der Waals surface area contributed by atoms with Gasteiger partial charge in [0.2, 0.25) is 5.75 Å². The number of halogens is 2. The summed E-state index contributed by atoms with van der Waals surface area (Å²) in [6.45, 7) is -0.103. The fraction of sp³-hybridized carbons (Fsp3) is 0.167. The van der Waals surface area contributed by atoms with E-state index in [9.17, 15) is 9.18 Å². The summed E-state index contributed by atoms with van der Waals surface area (Å²) in [4.78, 5) is 18.2. The highest BCUT2D eigenvalue weighted by Gasteiger charge is 2.20. The molecule has 0 aliphatic rings. The first-order valence-corrected chi connectivity index (χ1v) is 10.1. The molecule has 0 unspecified atom stereocenters. The van der Waals surface area contributed by atoms with Gasteiger partial charge in [0.05, 0.1) is 38.8 Å². The van der Waals surface area contributed by atoms with Gasteiger partial charge in [-0.25, -0.2) is 9.37 Å². The molecule has 6 nitrogen and oxygen atoms in total. The van der Waals surface area contributed by atoms with Gasteiger partial charge in [-0.05, 0) is 36.4 Å². The van der Waals surface area contributed by atoms with Crippen molar-refractivity contribution in [1.29, 1.82) is 0 Å². The normalized spacial score (nSPS) is 10.9. The molecule has 164 valence electrons. The molecule has 0 spiro atoms.